The third kappa shape index (κ3) is 2.71. The maximum absolute atomic E-state index is 9.34. The number of oxazole rings is 1. The molecule has 0 saturated heterocycles. The molecule has 104 valence electrons. The van der Waals surface area contributed by atoms with Gasteiger partial charge in [-0.05, 0) is 48.3 Å². The summed E-state index contributed by atoms with van der Waals surface area (Å²) in [6, 6.07) is 13.3. The van der Waals surface area contributed by atoms with Crippen molar-refractivity contribution in [3.63, 3.8) is 0 Å². The number of nitrogens with zero attached hydrogens (tertiary/aromatic N) is 2. The Morgan fingerprint density at radius 2 is 2.05 bits per heavy atom. The van der Waals surface area contributed by atoms with Crippen LogP contribution in [0.2, 0.25) is 0 Å². The monoisotopic (exact) mass is 313 g/mol. The van der Waals surface area contributed by atoms with Crippen molar-refractivity contribution in [2.45, 2.75) is 15.0 Å². The lowest BCUT2D eigenvalue weighted by Gasteiger charge is -2.04. The number of nitrogens with two attached hydrogens (primary N) is 1. The Hall–Kier alpha value is -2.10. The van der Waals surface area contributed by atoms with Gasteiger partial charge >= 0.3 is 0 Å². The van der Waals surface area contributed by atoms with Crippen molar-refractivity contribution in [1.29, 1.82) is 5.26 Å². The molecule has 2 N–H and O–H groups in total. The predicted octanol–water partition coefficient (Wildman–Crippen LogP) is 4.15. The van der Waals surface area contributed by atoms with E-state index in [2.05, 4.69) is 11.1 Å². The van der Waals surface area contributed by atoms with E-state index in [1.165, 1.54) is 11.8 Å². The molecular formula is C15H11N3OS2. The standard InChI is InChI=1S/C15H11N3OS2/c1-20-13-3-2-4-14(10(13)8-16)21-15-18-11-7-9(17)5-6-12(11)19-15/h2-7H,17H2,1H3. The minimum atomic E-state index is 0.505. The first-order valence-electron chi connectivity index (χ1n) is 6.12. The maximum Gasteiger partial charge on any atom is 0.261 e. The number of benzene rings is 2. The van der Waals surface area contributed by atoms with Gasteiger partial charge in [0.05, 0.1) is 5.56 Å². The van der Waals surface area contributed by atoms with Crippen LogP contribution in [0.15, 0.2) is 55.8 Å². The lowest BCUT2D eigenvalue weighted by molar-refractivity contribution is 0.489. The van der Waals surface area contributed by atoms with Crippen molar-refractivity contribution >= 4 is 40.3 Å². The van der Waals surface area contributed by atoms with Crippen LogP contribution in [-0.4, -0.2) is 11.2 Å². The summed E-state index contributed by atoms with van der Waals surface area (Å²) in [5.41, 5.74) is 8.44. The molecule has 0 aliphatic carbocycles. The molecule has 0 aliphatic heterocycles. The third-order valence-corrected chi connectivity index (χ3v) is 4.60. The molecule has 6 heteroatoms. The molecular weight excluding hydrogens is 302 g/mol. The van der Waals surface area contributed by atoms with Gasteiger partial charge in [0.2, 0.25) is 0 Å². The summed E-state index contributed by atoms with van der Waals surface area (Å²) in [6.45, 7) is 0. The molecule has 0 fully saturated rings. The van der Waals surface area contributed by atoms with Gasteiger partial charge in [0.25, 0.3) is 5.22 Å². The van der Waals surface area contributed by atoms with Crippen LogP contribution in [0.3, 0.4) is 0 Å². The maximum atomic E-state index is 9.34. The van der Waals surface area contributed by atoms with Gasteiger partial charge in [0.1, 0.15) is 11.6 Å². The van der Waals surface area contributed by atoms with Crippen molar-refractivity contribution in [3.05, 3.63) is 42.0 Å². The van der Waals surface area contributed by atoms with E-state index in [-0.39, 0.29) is 0 Å². The fourth-order valence-corrected chi connectivity index (χ4v) is 3.44. The Morgan fingerprint density at radius 1 is 1.24 bits per heavy atom. The van der Waals surface area contributed by atoms with Gasteiger partial charge in [-0.25, -0.2) is 4.98 Å². The van der Waals surface area contributed by atoms with Crippen molar-refractivity contribution in [2.24, 2.45) is 0 Å². The van der Waals surface area contributed by atoms with Gasteiger partial charge in [-0.1, -0.05) is 6.07 Å². The van der Waals surface area contributed by atoms with Crippen LogP contribution in [0.4, 0.5) is 5.69 Å². The third-order valence-electron chi connectivity index (χ3n) is 2.91. The van der Waals surface area contributed by atoms with Crippen molar-refractivity contribution in [1.82, 2.24) is 4.98 Å². The second-order valence-corrected chi connectivity index (χ2v) is 6.10. The van der Waals surface area contributed by atoms with Crippen molar-refractivity contribution in [3.8, 4) is 6.07 Å². The first-order chi connectivity index (χ1) is 10.2. The molecule has 0 saturated carbocycles. The van der Waals surface area contributed by atoms with E-state index in [9.17, 15) is 5.26 Å². The molecule has 0 radical (unpaired) electrons. The zero-order valence-electron chi connectivity index (χ0n) is 11.2. The molecule has 2 aromatic carbocycles. The highest BCUT2D eigenvalue weighted by atomic mass is 32.2. The van der Waals surface area contributed by atoms with Gasteiger partial charge in [-0.3, -0.25) is 0 Å². The van der Waals surface area contributed by atoms with Gasteiger partial charge in [0.15, 0.2) is 5.58 Å². The quantitative estimate of drug-likeness (QED) is 0.578. The molecule has 1 heterocycles. The summed E-state index contributed by atoms with van der Waals surface area (Å²) < 4.78 is 5.68. The van der Waals surface area contributed by atoms with E-state index < -0.39 is 0 Å². The topological polar surface area (TPSA) is 75.8 Å². The van der Waals surface area contributed by atoms with Crippen LogP contribution in [0.5, 0.6) is 0 Å². The molecule has 4 nitrogen and oxygen atoms in total. The highest BCUT2D eigenvalue weighted by molar-refractivity contribution is 7.99. The van der Waals surface area contributed by atoms with E-state index in [1.807, 2.05) is 24.5 Å². The highest BCUT2D eigenvalue weighted by Crippen LogP contribution is 2.35. The summed E-state index contributed by atoms with van der Waals surface area (Å²) >= 11 is 2.89. The number of aromatic nitrogens is 1. The molecule has 0 amide bonds. The molecule has 3 rings (SSSR count). The SMILES string of the molecule is CSc1cccc(Sc2nc3cc(N)ccc3o2)c1C#N. The van der Waals surface area contributed by atoms with Crippen LogP contribution in [0, 0.1) is 11.3 Å². The van der Waals surface area contributed by atoms with Crippen LogP contribution in [-0.2, 0) is 0 Å². The number of thioether (sulfide) groups is 1. The van der Waals surface area contributed by atoms with Gasteiger partial charge < -0.3 is 10.2 Å². The lowest BCUT2D eigenvalue weighted by atomic mass is 10.2. The number of hydrogen-bond donors (Lipinski definition) is 1. The smallest absolute Gasteiger partial charge is 0.261 e. The van der Waals surface area contributed by atoms with E-state index in [0.717, 1.165) is 15.3 Å². The summed E-state index contributed by atoms with van der Waals surface area (Å²) in [5, 5.41) is 9.85. The number of rotatable bonds is 3. The van der Waals surface area contributed by atoms with Crippen LogP contribution < -0.4 is 5.73 Å². The Bertz CT molecular complexity index is 852. The minimum Gasteiger partial charge on any atom is -0.431 e. The van der Waals surface area contributed by atoms with Crippen molar-refractivity contribution < 1.29 is 4.42 Å². The van der Waals surface area contributed by atoms with Crippen LogP contribution >= 0.6 is 23.5 Å². The zero-order valence-corrected chi connectivity index (χ0v) is 12.8. The molecule has 0 aliphatic rings. The molecule has 1 aromatic heterocycles. The molecule has 0 unspecified atom stereocenters. The minimum absolute atomic E-state index is 0.505. The highest BCUT2D eigenvalue weighted by Gasteiger charge is 2.13. The van der Waals surface area contributed by atoms with E-state index in [0.29, 0.717) is 22.1 Å². The van der Waals surface area contributed by atoms with Gasteiger partial charge in [-0.15, -0.1) is 11.8 Å². The number of anilines is 1. The summed E-state index contributed by atoms with van der Waals surface area (Å²) in [5.74, 6) is 0. The second-order valence-electron chi connectivity index (χ2n) is 4.25. The Morgan fingerprint density at radius 3 is 2.81 bits per heavy atom. The molecule has 0 atom stereocenters. The summed E-state index contributed by atoms with van der Waals surface area (Å²) in [6.07, 6.45) is 1.95. The molecule has 0 spiro atoms. The van der Waals surface area contributed by atoms with E-state index in [1.54, 1.807) is 30.0 Å². The first kappa shape index (κ1) is 13.9. The molecule has 0 bridgehead atoms. The molecule has 3 aromatic rings. The zero-order chi connectivity index (χ0) is 14.8. The Balaban J connectivity index is 2.01. The number of nitrogen functional groups attached to an aromatic ring is 1. The second kappa shape index (κ2) is 5.72. The normalized spacial score (nSPS) is 10.7. The molecule has 21 heavy (non-hydrogen) atoms. The van der Waals surface area contributed by atoms with Crippen LogP contribution in [0.1, 0.15) is 5.56 Å². The predicted molar refractivity (Wildman–Crippen MR) is 85.5 cm³/mol. The number of nitriles is 1. The van der Waals surface area contributed by atoms with Gasteiger partial charge in [0, 0.05) is 15.5 Å². The summed E-state index contributed by atoms with van der Waals surface area (Å²) in [4.78, 5) is 6.18. The first-order valence-corrected chi connectivity index (χ1v) is 8.16. The number of fused-ring (bicyclic) bond motifs is 1. The van der Waals surface area contributed by atoms with Crippen LogP contribution in [0.25, 0.3) is 11.1 Å². The Kier molecular flexibility index (Phi) is 3.78. The number of hydrogen-bond acceptors (Lipinski definition) is 6. The van der Waals surface area contributed by atoms with E-state index in [4.69, 9.17) is 10.2 Å². The fourth-order valence-electron chi connectivity index (χ4n) is 1.94. The van der Waals surface area contributed by atoms with Gasteiger partial charge in [-0.2, -0.15) is 5.26 Å². The lowest BCUT2D eigenvalue weighted by Crippen LogP contribution is -1.85. The van der Waals surface area contributed by atoms with Crippen molar-refractivity contribution in [2.75, 3.05) is 12.0 Å². The largest absolute Gasteiger partial charge is 0.431 e. The Labute approximate surface area is 130 Å². The van der Waals surface area contributed by atoms with E-state index >= 15 is 0 Å². The summed E-state index contributed by atoms with van der Waals surface area (Å²) in [7, 11) is 0. The fraction of sp³-hybridized carbons (Fsp3) is 0.0667. The average Bonchev–Trinajstić information content (AvgIpc) is 2.88. The average molecular weight is 313 g/mol.